The SMILES string of the molecule is CCOC(=O)C(C/C=C/C(=O)OC)(C(=O)OCC)[C@H](NC(=O)OC(C)(C)C)c1cccc(Br)c1. The fourth-order valence-corrected chi connectivity index (χ4v) is 3.55. The standard InChI is InChI=1S/C24H32BrNO8/c1-7-32-20(28)24(21(29)33-8-2,14-10-13-18(27)31-6)19(16-11-9-12-17(25)15-16)26-22(30)34-23(3,4)5/h9-13,15,19H,7-8,14H2,1-6H3,(H,26,30)/b13-10+/t19-/m1/s1. The minimum absolute atomic E-state index is 0.0294. The fraction of sp³-hybridized carbons (Fsp3) is 0.500. The summed E-state index contributed by atoms with van der Waals surface area (Å²) in [7, 11) is 1.20. The third kappa shape index (κ3) is 8.16. The van der Waals surface area contributed by atoms with Crippen LogP contribution in [0.5, 0.6) is 0 Å². The summed E-state index contributed by atoms with van der Waals surface area (Å²) in [5.41, 5.74) is -2.51. The second-order valence-electron chi connectivity index (χ2n) is 8.18. The Hall–Kier alpha value is -2.88. The molecule has 10 heteroatoms. The minimum atomic E-state index is -2.08. The van der Waals surface area contributed by atoms with Crippen LogP contribution < -0.4 is 5.32 Å². The first-order chi connectivity index (χ1) is 15.9. The number of benzene rings is 1. The van der Waals surface area contributed by atoms with Crippen molar-refractivity contribution in [2.24, 2.45) is 5.41 Å². The maximum Gasteiger partial charge on any atom is 0.408 e. The van der Waals surface area contributed by atoms with Gasteiger partial charge in [0.15, 0.2) is 5.41 Å². The van der Waals surface area contributed by atoms with E-state index >= 15 is 0 Å². The lowest BCUT2D eigenvalue weighted by Gasteiger charge is -2.36. The van der Waals surface area contributed by atoms with Gasteiger partial charge in [0.25, 0.3) is 0 Å². The fourth-order valence-electron chi connectivity index (χ4n) is 3.14. The second kappa shape index (κ2) is 13.1. The van der Waals surface area contributed by atoms with Crippen molar-refractivity contribution in [1.82, 2.24) is 5.32 Å². The van der Waals surface area contributed by atoms with E-state index in [4.69, 9.17) is 14.2 Å². The quantitative estimate of drug-likeness (QED) is 0.202. The number of hydrogen-bond acceptors (Lipinski definition) is 8. The van der Waals surface area contributed by atoms with Crippen molar-refractivity contribution in [3.63, 3.8) is 0 Å². The van der Waals surface area contributed by atoms with Crippen molar-refractivity contribution in [2.45, 2.75) is 52.7 Å². The van der Waals surface area contributed by atoms with Crippen LogP contribution in [0.25, 0.3) is 0 Å². The van der Waals surface area contributed by atoms with Gasteiger partial charge in [-0.25, -0.2) is 9.59 Å². The molecule has 0 heterocycles. The van der Waals surface area contributed by atoms with Gasteiger partial charge >= 0.3 is 24.0 Å². The zero-order chi connectivity index (χ0) is 25.9. The Morgan fingerprint density at radius 1 is 1.06 bits per heavy atom. The molecule has 1 rings (SSSR count). The number of ether oxygens (including phenoxy) is 4. The highest BCUT2D eigenvalue weighted by Crippen LogP contribution is 2.41. The number of esters is 3. The summed E-state index contributed by atoms with van der Waals surface area (Å²) in [6, 6.07) is 5.47. The van der Waals surface area contributed by atoms with Crippen molar-refractivity contribution in [2.75, 3.05) is 20.3 Å². The molecule has 0 spiro atoms. The van der Waals surface area contributed by atoms with Gasteiger partial charge in [0.1, 0.15) is 5.60 Å². The van der Waals surface area contributed by atoms with Crippen LogP contribution in [-0.2, 0) is 33.3 Å². The minimum Gasteiger partial charge on any atom is -0.466 e. The van der Waals surface area contributed by atoms with Crippen LogP contribution in [-0.4, -0.2) is 49.9 Å². The van der Waals surface area contributed by atoms with E-state index in [1.807, 2.05) is 0 Å². The van der Waals surface area contributed by atoms with E-state index in [1.165, 1.54) is 13.2 Å². The van der Waals surface area contributed by atoms with E-state index in [0.29, 0.717) is 10.0 Å². The van der Waals surface area contributed by atoms with Crippen molar-refractivity contribution in [3.05, 3.63) is 46.5 Å². The van der Waals surface area contributed by atoms with Crippen LogP contribution in [0.2, 0.25) is 0 Å². The van der Waals surface area contributed by atoms with E-state index < -0.39 is 41.1 Å². The lowest BCUT2D eigenvalue weighted by molar-refractivity contribution is -0.174. The van der Waals surface area contributed by atoms with Crippen LogP contribution in [0.3, 0.4) is 0 Å². The van der Waals surface area contributed by atoms with Crippen LogP contribution in [0.15, 0.2) is 40.9 Å². The Bertz CT molecular complexity index is 888. The molecule has 0 bridgehead atoms. The maximum atomic E-state index is 13.4. The molecule has 34 heavy (non-hydrogen) atoms. The summed E-state index contributed by atoms with van der Waals surface area (Å²) in [4.78, 5) is 51.3. The predicted octanol–water partition coefficient (Wildman–Crippen LogP) is 4.25. The van der Waals surface area contributed by atoms with Crippen molar-refractivity contribution < 1.29 is 38.1 Å². The van der Waals surface area contributed by atoms with Crippen molar-refractivity contribution in [1.29, 1.82) is 0 Å². The lowest BCUT2D eigenvalue weighted by atomic mass is 9.73. The molecule has 1 aromatic rings. The van der Waals surface area contributed by atoms with Crippen LogP contribution >= 0.6 is 15.9 Å². The number of carbonyl (C=O) groups is 4. The van der Waals surface area contributed by atoms with E-state index in [1.54, 1.807) is 58.9 Å². The first-order valence-corrected chi connectivity index (χ1v) is 11.5. The monoisotopic (exact) mass is 541 g/mol. The summed E-state index contributed by atoms with van der Waals surface area (Å²) < 4.78 is 21.2. The summed E-state index contributed by atoms with van der Waals surface area (Å²) in [6.07, 6.45) is 1.21. The van der Waals surface area contributed by atoms with Gasteiger partial charge in [0, 0.05) is 10.5 Å². The Morgan fingerprint density at radius 3 is 2.12 bits per heavy atom. The van der Waals surface area contributed by atoms with E-state index in [0.717, 1.165) is 6.08 Å². The van der Waals surface area contributed by atoms with Crippen molar-refractivity contribution >= 4 is 39.9 Å². The van der Waals surface area contributed by atoms with Crippen LogP contribution in [0.4, 0.5) is 4.79 Å². The highest BCUT2D eigenvalue weighted by molar-refractivity contribution is 9.10. The van der Waals surface area contributed by atoms with Crippen molar-refractivity contribution in [3.8, 4) is 0 Å². The molecule has 0 saturated carbocycles. The number of rotatable bonds is 10. The van der Waals surface area contributed by atoms with E-state index in [-0.39, 0.29) is 19.6 Å². The lowest BCUT2D eigenvalue weighted by Crippen LogP contribution is -2.53. The van der Waals surface area contributed by atoms with Gasteiger partial charge < -0.3 is 24.3 Å². The summed E-state index contributed by atoms with van der Waals surface area (Å²) in [5.74, 6) is -2.53. The molecule has 0 saturated heterocycles. The van der Waals surface area contributed by atoms with Crippen LogP contribution in [0.1, 0.15) is 52.6 Å². The molecule has 1 N–H and O–H groups in total. The average molecular weight is 542 g/mol. The molecule has 0 unspecified atom stereocenters. The summed E-state index contributed by atoms with van der Waals surface area (Å²) in [5, 5.41) is 2.66. The van der Waals surface area contributed by atoms with Gasteiger partial charge in [-0.05, 0) is 58.7 Å². The normalized spacial score (nSPS) is 12.6. The molecule has 9 nitrogen and oxygen atoms in total. The molecule has 0 fully saturated rings. The Labute approximate surface area is 208 Å². The zero-order valence-corrected chi connectivity index (χ0v) is 21.9. The highest BCUT2D eigenvalue weighted by atomic mass is 79.9. The molecular formula is C24H32BrNO8. The largest absolute Gasteiger partial charge is 0.466 e. The molecule has 1 amide bonds. The number of carbonyl (C=O) groups excluding carboxylic acids is 4. The topological polar surface area (TPSA) is 117 Å². The van der Waals surface area contributed by atoms with E-state index in [9.17, 15) is 19.2 Å². The van der Waals surface area contributed by atoms with E-state index in [2.05, 4.69) is 26.0 Å². The number of amides is 1. The molecular weight excluding hydrogens is 510 g/mol. The molecule has 0 radical (unpaired) electrons. The Balaban J connectivity index is 3.78. The second-order valence-corrected chi connectivity index (χ2v) is 9.09. The zero-order valence-electron chi connectivity index (χ0n) is 20.3. The van der Waals surface area contributed by atoms with Gasteiger partial charge in [0.05, 0.1) is 26.4 Å². The van der Waals surface area contributed by atoms with Gasteiger partial charge in [-0.15, -0.1) is 0 Å². The van der Waals surface area contributed by atoms with Gasteiger partial charge in [-0.2, -0.15) is 0 Å². The summed E-state index contributed by atoms with van der Waals surface area (Å²) >= 11 is 3.38. The first kappa shape index (κ1) is 29.2. The van der Waals surface area contributed by atoms with Crippen LogP contribution in [0, 0.1) is 5.41 Å². The summed E-state index contributed by atoms with van der Waals surface area (Å²) in [6.45, 7) is 8.18. The molecule has 0 aromatic heterocycles. The number of hydrogen-bond donors (Lipinski definition) is 1. The highest BCUT2D eigenvalue weighted by Gasteiger charge is 2.56. The smallest absolute Gasteiger partial charge is 0.408 e. The molecule has 188 valence electrons. The first-order valence-electron chi connectivity index (χ1n) is 10.7. The molecule has 0 aliphatic carbocycles. The molecule has 1 atom stereocenters. The predicted molar refractivity (Wildman–Crippen MR) is 128 cm³/mol. The third-order valence-electron chi connectivity index (χ3n) is 4.51. The van der Waals surface area contributed by atoms with Gasteiger partial charge in [-0.3, -0.25) is 9.59 Å². The number of nitrogens with one attached hydrogen (secondary N) is 1. The Kier molecular flexibility index (Phi) is 11.3. The van der Waals surface area contributed by atoms with Gasteiger partial charge in [-0.1, -0.05) is 34.1 Å². The number of alkyl carbamates (subject to hydrolysis) is 1. The molecule has 0 aliphatic heterocycles. The average Bonchev–Trinajstić information content (AvgIpc) is 2.74. The molecule has 1 aromatic carbocycles. The molecule has 0 aliphatic rings. The third-order valence-corrected chi connectivity index (χ3v) is 5.00. The number of methoxy groups -OCH3 is 1. The number of halogens is 1. The number of allylic oxidation sites excluding steroid dienone is 1. The Morgan fingerprint density at radius 2 is 1.65 bits per heavy atom. The maximum absolute atomic E-state index is 13.4. The van der Waals surface area contributed by atoms with Gasteiger partial charge in [0.2, 0.25) is 0 Å².